The topological polar surface area (TPSA) is 78.4 Å². The fourth-order valence-corrected chi connectivity index (χ4v) is 1.46. The average molecular weight is 262 g/mol. The summed E-state index contributed by atoms with van der Waals surface area (Å²) >= 11 is 0. The van der Waals surface area contributed by atoms with Crippen molar-refractivity contribution in [3.63, 3.8) is 0 Å². The van der Waals surface area contributed by atoms with Gasteiger partial charge in [0.15, 0.2) is 0 Å². The van der Waals surface area contributed by atoms with Gasteiger partial charge in [-0.15, -0.1) is 0 Å². The Kier molecular flexibility index (Phi) is 6.15. The van der Waals surface area contributed by atoms with Crippen LogP contribution in [0.1, 0.15) is 24.5 Å². The summed E-state index contributed by atoms with van der Waals surface area (Å²) in [5.41, 5.74) is 1.70. The number of benzene rings is 1. The van der Waals surface area contributed by atoms with Crippen LogP contribution in [0.4, 0.5) is 4.79 Å². The van der Waals surface area contributed by atoms with E-state index in [1.54, 1.807) is 6.07 Å². The molecule has 5 nitrogen and oxygen atoms in total. The van der Waals surface area contributed by atoms with Gasteiger partial charge in [0.2, 0.25) is 0 Å². The maximum absolute atomic E-state index is 11.4. The van der Waals surface area contributed by atoms with Crippen molar-refractivity contribution in [1.29, 1.82) is 0 Å². The van der Waals surface area contributed by atoms with Crippen LogP contribution in [0, 0.1) is 0 Å². The van der Waals surface area contributed by atoms with E-state index in [2.05, 4.69) is 10.6 Å². The van der Waals surface area contributed by atoms with Crippen LogP contribution in [0.2, 0.25) is 0 Å². The number of carboxylic acids is 1. The molecule has 0 aromatic heterocycles. The van der Waals surface area contributed by atoms with E-state index < -0.39 is 5.97 Å². The average Bonchev–Trinajstić information content (AvgIpc) is 2.41. The second-order valence-corrected chi connectivity index (χ2v) is 4.03. The molecule has 2 amide bonds. The minimum atomic E-state index is -0.984. The molecule has 102 valence electrons. The molecule has 0 radical (unpaired) electrons. The smallest absolute Gasteiger partial charge is 0.328 e. The zero-order valence-electron chi connectivity index (χ0n) is 10.8. The normalized spacial score (nSPS) is 10.4. The van der Waals surface area contributed by atoms with Gasteiger partial charge < -0.3 is 15.7 Å². The Morgan fingerprint density at radius 2 is 2.11 bits per heavy atom. The van der Waals surface area contributed by atoms with Gasteiger partial charge in [-0.3, -0.25) is 0 Å². The Hall–Kier alpha value is -2.30. The van der Waals surface area contributed by atoms with Gasteiger partial charge >= 0.3 is 12.0 Å². The molecule has 0 saturated carbocycles. The zero-order valence-corrected chi connectivity index (χ0v) is 10.8. The van der Waals surface area contributed by atoms with Crippen molar-refractivity contribution < 1.29 is 14.7 Å². The standard InChI is InChI=1S/C14H18N2O3/c1-2-8-15-14(19)16-10-12-5-3-4-11(9-12)6-7-13(17)18/h3-7,9H,2,8,10H2,1H3,(H,17,18)(H2,15,16,19). The summed E-state index contributed by atoms with van der Waals surface area (Å²) in [5, 5.41) is 14.0. The highest BCUT2D eigenvalue weighted by Gasteiger charge is 1.99. The fraction of sp³-hybridized carbons (Fsp3) is 0.286. The number of hydrogen-bond acceptors (Lipinski definition) is 2. The van der Waals surface area contributed by atoms with Crippen LogP contribution in [-0.2, 0) is 11.3 Å². The Bertz CT molecular complexity index is 470. The molecule has 19 heavy (non-hydrogen) atoms. The predicted molar refractivity (Wildman–Crippen MR) is 73.6 cm³/mol. The lowest BCUT2D eigenvalue weighted by Gasteiger charge is -2.07. The largest absolute Gasteiger partial charge is 0.478 e. The zero-order chi connectivity index (χ0) is 14.1. The Labute approximate surface area is 112 Å². The number of amides is 2. The van der Waals surface area contributed by atoms with E-state index in [0.29, 0.717) is 13.1 Å². The van der Waals surface area contributed by atoms with E-state index >= 15 is 0 Å². The number of nitrogens with one attached hydrogen (secondary N) is 2. The van der Waals surface area contributed by atoms with E-state index in [-0.39, 0.29) is 6.03 Å². The van der Waals surface area contributed by atoms with Gasteiger partial charge in [0.25, 0.3) is 0 Å². The van der Waals surface area contributed by atoms with Crippen molar-refractivity contribution >= 4 is 18.1 Å². The third-order valence-corrected chi connectivity index (χ3v) is 2.36. The molecule has 0 aliphatic heterocycles. The first kappa shape index (κ1) is 14.8. The summed E-state index contributed by atoms with van der Waals surface area (Å²) in [7, 11) is 0. The highest BCUT2D eigenvalue weighted by molar-refractivity contribution is 5.85. The Balaban J connectivity index is 2.52. The molecule has 1 rings (SSSR count). The first-order valence-corrected chi connectivity index (χ1v) is 6.13. The second kappa shape index (κ2) is 7.92. The van der Waals surface area contributed by atoms with Crippen LogP contribution in [0.15, 0.2) is 30.3 Å². The van der Waals surface area contributed by atoms with E-state index in [1.807, 2.05) is 25.1 Å². The first-order valence-electron chi connectivity index (χ1n) is 6.13. The van der Waals surface area contributed by atoms with Crippen molar-refractivity contribution in [1.82, 2.24) is 10.6 Å². The number of carbonyl (C=O) groups excluding carboxylic acids is 1. The molecule has 0 spiro atoms. The molecule has 0 fully saturated rings. The second-order valence-electron chi connectivity index (χ2n) is 4.03. The lowest BCUT2D eigenvalue weighted by atomic mass is 10.1. The maximum atomic E-state index is 11.4. The Morgan fingerprint density at radius 3 is 2.79 bits per heavy atom. The number of carbonyl (C=O) groups is 2. The van der Waals surface area contributed by atoms with E-state index in [1.165, 1.54) is 6.08 Å². The minimum Gasteiger partial charge on any atom is -0.478 e. The van der Waals surface area contributed by atoms with Gasteiger partial charge in [-0.2, -0.15) is 0 Å². The van der Waals surface area contributed by atoms with Gasteiger partial charge in [0, 0.05) is 19.2 Å². The molecule has 0 unspecified atom stereocenters. The van der Waals surface area contributed by atoms with Crippen molar-refractivity contribution in [3.05, 3.63) is 41.5 Å². The van der Waals surface area contributed by atoms with Crippen LogP contribution >= 0.6 is 0 Å². The third-order valence-electron chi connectivity index (χ3n) is 2.36. The molecular formula is C14H18N2O3. The number of rotatable bonds is 6. The summed E-state index contributed by atoms with van der Waals surface area (Å²) in [5.74, 6) is -0.984. The van der Waals surface area contributed by atoms with Crippen LogP contribution in [-0.4, -0.2) is 23.7 Å². The molecule has 0 saturated heterocycles. The summed E-state index contributed by atoms with van der Waals surface area (Å²) in [6.07, 6.45) is 3.49. The molecule has 3 N–H and O–H groups in total. The monoisotopic (exact) mass is 262 g/mol. The fourth-order valence-electron chi connectivity index (χ4n) is 1.46. The van der Waals surface area contributed by atoms with Gasteiger partial charge in [-0.25, -0.2) is 9.59 Å². The molecule has 0 heterocycles. The molecule has 5 heteroatoms. The van der Waals surface area contributed by atoms with Gasteiger partial charge in [0.1, 0.15) is 0 Å². The van der Waals surface area contributed by atoms with Crippen LogP contribution < -0.4 is 10.6 Å². The molecular weight excluding hydrogens is 244 g/mol. The lowest BCUT2D eigenvalue weighted by Crippen LogP contribution is -2.35. The number of carboxylic acid groups (broad SMARTS) is 1. The summed E-state index contributed by atoms with van der Waals surface area (Å²) in [6.45, 7) is 3.04. The summed E-state index contributed by atoms with van der Waals surface area (Å²) in [6, 6.07) is 7.13. The van der Waals surface area contributed by atoms with Crippen molar-refractivity contribution in [2.24, 2.45) is 0 Å². The maximum Gasteiger partial charge on any atom is 0.328 e. The highest BCUT2D eigenvalue weighted by Crippen LogP contribution is 2.07. The summed E-state index contributed by atoms with van der Waals surface area (Å²) < 4.78 is 0. The minimum absolute atomic E-state index is 0.201. The number of aliphatic carboxylic acids is 1. The Morgan fingerprint density at radius 1 is 1.32 bits per heavy atom. The molecule has 1 aromatic carbocycles. The quantitative estimate of drug-likeness (QED) is 0.686. The van der Waals surface area contributed by atoms with Crippen molar-refractivity contribution in [3.8, 4) is 0 Å². The first-order chi connectivity index (χ1) is 9.11. The predicted octanol–water partition coefficient (Wildman–Crippen LogP) is 1.99. The van der Waals surface area contributed by atoms with Crippen molar-refractivity contribution in [2.75, 3.05) is 6.54 Å². The lowest BCUT2D eigenvalue weighted by molar-refractivity contribution is -0.131. The van der Waals surface area contributed by atoms with E-state index in [9.17, 15) is 9.59 Å². The highest BCUT2D eigenvalue weighted by atomic mass is 16.4. The van der Waals surface area contributed by atoms with Crippen molar-refractivity contribution in [2.45, 2.75) is 19.9 Å². The molecule has 0 bridgehead atoms. The molecule has 1 aromatic rings. The van der Waals surface area contributed by atoms with Crippen LogP contribution in [0.25, 0.3) is 6.08 Å². The van der Waals surface area contributed by atoms with E-state index in [4.69, 9.17) is 5.11 Å². The van der Waals surface area contributed by atoms with Crippen LogP contribution in [0.3, 0.4) is 0 Å². The summed E-state index contributed by atoms with van der Waals surface area (Å²) in [4.78, 5) is 21.8. The number of hydrogen-bond donors (Lipinski definition) is 3. The number of urea groups is 1. The van der Waals surface area contributed by atoms with E-state index in [0.717, 1.165) is 23.6 Å². The van der Waals surface area contributed by atoms with Crippen LogP contribution in [0.5, 0.6) is 0 Å². The molecule has 0 aliphatic carbocycles. The SMILES string of the molecule is CCCNC(=O)NCc1cccc(C=CC(=O)O)c1. The van der Waals surface area contributed by atoms with Gasteiger partial charge in [0.05, 0.1) is 0 Å². The van der Waals surface area contributed by atoms with Gasteiger partial charge in [-0.1, -0.05) is 25.1 Å². The third kappa shape index (κ3) is 6.26. The molecule has 0 aliphatic rings. The van der Waals surface area contributed by atoms with Gasteiger partial charge in [-0.05, 0) is 29.7 Å². The molecule has 0 atom stereocenters.